The highest BCUT2D eigenvalue weighted by Gasteiger charge is 2.30. The molecule has 0 saturated heterocycles. The van der Waals surface area contributed by atoms with E-state index in [4.69, 9.17) is 15.9 Å². The van der Waals surface area contributed by atoms with Gasteiger partial charge in [-0.3, -0.25) is 14.5 Å². The number of carbonyl (C=O) groups excluding carboxylic acids is 1. The predicted molar refractivity (Wildman–Crippen MR) is 155 cm³/mol. The maximum Gasteiger partial charge on any atom is 0.416 e. The topological polar surface area (TPSA) is 126 Å². The van der Waals surface area contributed by atoms with Crippen LogP contribution >= 0.6 is 0 Å². The summed E-state index contributed by atoms with van der Waals surface area (Å²) in [6.45, 7) is -0.304. The Hall–Kier alpha value is -4.84. The molecule has 0 fully saturated rings. The number of hydrogen-bond acceptors (Lipinski definition) is 5. The molecule has 4 N–H and O–H groups in total. The van der Waals surface area contributed by atoms with Gasteiger partial charge in [-0.15, -0.1) is 0 Å². The second-order valence-corrected chi connectivity index (χ2v) is 11.3. The summed E-state index contributed by atoms with van der Waals surface area (Å²) in [5.74, 6) is -1.02. The zero-order valence-electron chi connectivity index (χ0n) is 22.4. The van der Waals surface area contributed by atoms with Gasteiger partial charge in [0.1, 0.15) is 18.2 Å². The first-order valence-electron chi connectivity index (χ1n) is 12.5. The number of halogens is 3. The van der Waals surface area contributed by atoms with Gasteiger partial charge in [-0.1, -0.05) is 54.6 Å². The van der Waals surface area contributed by atoms with Gasteiger partial charge in [0, 0.05) is 29.9 Å². The van der Waals surface area contributed by atoms with Crippen LogP contribution in [0.4, 0.5) is 24.5 Å². The smallest absolute Gasteiger partial charge is 0.416 e. The van der Waals surface area contributed by atoms with Gasteiger partial charge in [-0.25, -0.2) is 8.42 Å². The molecule has 0 aliphatic heterocycles. The molecule has 12 heteroatoms. The van der Waals surface area contributed by atoms with Crippen molar-refractivity contribution in [2.75, 3.05) is 16.7 Å². The maximum absolute atomic E-state index is 13.3. The highest BCUT2D eigenvalue weighted by atomic mass is 32.2. The number of hydrogen-bond donors (Lipinski definition) is 3. The Morgan fingerprint density at radius 2 is 1.57 bits per heavy atom. The van der Waals surface area contributed by atoms with Crippen LogP contribution < -0.4 is 20.1 Å². The van der Waals surface area contributed by atoms with Crippen LogP contribution in [0.25, 0.3) is 0 Å². The van der Waals surface area contributed by atoms with Crippen molar-refractivity contribution in [1.82, 2.24) is 0 Å². The fourth-order valence-electron chi connectivity index (χ4n) is 4.03. The number of nitrogens with zero attached hydrogens (tertiary/aromatic N) is 1. The van der Waals surface area contributed by atoms with Crippen molar-refractivity contribution in [3.8, 4) is 5.75 Å². The van der Waals surface area contributed by atoms with E-state index in [0.29, 0.717) is 11.1 Å². The van der Waals surface area contributed by atoms with Gasteiger partial charge in [0.25, 0.3) is 5.91 Å². The van der Waals surface area contributed by atoms with Gasteiger partial charge >= 0.3 is 6.18 Å². The second-order valence-electron chi connectivity index (χ2n) is 9.33. The van der Waals surface area contributed by atoms with Gasteiger partial charge < -0.3 is 15.8 Å². The molecule has 4 aromatic rings. The van der Waals surface area contributed by atoms with E-state index in [1.165, 1.54) is 49.5 Å². The van der Waals surface area contributed by atoms with E-state index in [-0.39, 0.29) is 46.4 Å². The molecule has 8 nitrogen and oxygen atoms in total. The first-order chi connectivity index (χ1) is 19.8. The number of nitrogen functional groups attached to an aromatic ring is 1. The molecule has 42 heavy (non-hydrogen) atoms. The Morgan fingerprint density at radius 3 is 2.26 bits per heavy atom. The monoisotopic (exact) mass is 596 g/mol. The van der Waals surface area contributed by atoms with Crippen LogP contribution in [-0.4, -0.2) is 27.2 Å². The van der Waals surface area contributed by atoms with Crippen LogP contribution in [0.2, 0.25) is 0 Å². The Kier molecular flexibility index (Phi) is 8.86. The minimum Gasteiger partial charge on any atom is -0.487 e. The normalized spacial score (nSPS) is 11.5. The lowest BCUT2D eigenvalue weighted by Crippen LogP contribution is -2.28. The van der Waals surface area contributed by atoms with Gasteiger partial charge in [0.2, 0.25) is 10.0 Å². The summed E-state index contributed by atoms with van der Waals surface area (Å²) in [6, 6.07) is 23.6. The summed E-state index contributed by atoms with van der Waals surface area (Å²) in [5.41, 5.74) is 6.38. The summed E-state index contributed by atoms with van der Waals surface area (Å²) < 4.78 is 73.1. The standard InChI is InChI=1S/C30H27F3N4O4S/c1-37(42(39,40)19-20-7-3-2-4-8-20)26-14-13-25(36-29(38)23-11-6-10-22(16-23)28(34)35)17-27(26)41-18-21-9-5-12-24(15-21)30(31,32)33/h2-17H,18-19H2,1H3,(H3,34,35)(H,36,38). The largest absolute Gasteiger partial charge is 0.487 e. The predicted octanol–water partition coefficient (Wildman–Crippen LogP) is 5.79. The molecule has 0 aromatic heterocycles. The fraction of sp³-hybridized carbons (Fsp3) is 0.133. The third-order valence-corrected chi connectivity index (χ3v) is 7.98. The zero-order valence-corrected chi connectivity index (χ0v) is 23.2. The van der Waals surface area contributed by atoms with Gasteiger partial charge in [0.05, 0.1) is 17.0 Å². The van der Waals surface area contributed by atoms with E-state index in [1.807, 2.05) is 0 Å². The van der Waals surface area contributed by atoms with E-state index >= 15 is 0 Å². The molecule has 0 unspecified atom stereocenters. The van der Waals surface area contributed by atoms with Crippen molar-refractivity contribution in [3.63, 3.8) is 0 Å². The Bertz CT molecular complexity index is 1710. The van der Waals surface area contributed by atoms with Crippen molar-refractivity contribution in [2.24, 2.45) is 5.73 Å². The van der Waals surface area contributed by atoms with Crippen LogP contribution in [0.3, 0.4) is 0 Å². The summed E-state index contributed by atoms with van der Waals surface area (Å²) in [6.07, 6.45) is -4.54. The quantitative estimate of drug-likeness (QED) is 0.158. The average molecular weight is 597 g/mol. The van der Waals surface area contributed by atoms with E-state index in [2.05, 4.69) is 5.32 Å². The molecule has 0 heterocycles. The molecule has 0 spiro atoms. The number of benzene rings is 4. The number of nitrogens with one attached hydrogen (secondary N) is 2. The van der Waals surface area contributed by atoms with Crippen LogP contribution in [0, 0.1) is 5.41 Å². The molecule has 1 amide bonds. The number of amides is 1. The van der Waals surface area contributed by atoms with Crippen molar-refractivity contribution in [3.05, 3.63) is 125 Å². The van der Waals surface area contributed by atoms with Crippen LogP contribution in [0.5, 0.6) is 5.75 Å². The van der Waals surface area contributed by atoms with Crippen LogP contribution in [-0.2, 0) is 28.6 Å². The molecule has 0 bridgehead atoms. The molecule has 4 aromatic carbocycles. The van der Waals surface area contributed by atoms with E-state index < -0.39 is 27.7 Å². The number of ether oxygens (including phenoxy) is 1. The summed E-state index contributed by atoms with van der Waals surface area (Å²) >= 11 is 0. The summed E-state index contributed by atoms with van der Waals surface area (Å²) in [7, 11) is -2.56. The molecule has 0 atom stereocenters. The number of carbonyl (C=O) groups is 1. The molecule has 4 rings (SSSR count). The average Bonchev–Trinajstić information content (AvgIpc) is 2.96. The first-order valence-corrected chi connectivity index (χ1v) is 14.1. The van der Waals surface area contributed by atoms with Gasteiger partial charge in [-0.05, 0) is 47.5 Å². The third kappa shape index (κ3) is 7.46. The van der Waals surface area contributed by atoms with Crippen molar-refractivity contribution >= 4 is 33.1 Å². The molecule has 0 aliphatic carbocycles. The highest BCUT2D eigenvalue weighted by molar-refractivity contribution is 7.92. The van der Waals surface area contributed by atoms with E-state index in [1.54, 1.807) is 42.5 Å². The minimum atomic E-state index is -4.54. The second kappa shape index (κ2) is 12.4. The van der Waals surface area contributed by atoms with Crippen LogP contribution in [0.15, 0.2) is 97.1 Å². The molecular weight excluding hydrogens is 569 g/mol. The summed E-state index contributed by atoms with van der Waals surface area (Å²) in [5, 5.41) is 10.3. The lowest BCUT2D eigenvalue weighted by Gasteiger charge is -2.23. The van der Waals surface area contributed by atoms with Gasteiger partial charge in [-0.2, -0.15) is 13.2 Å². The molecule has 218 valence electrons. The number of amidine groups is 1. The molecule has 0 aliphatic rings. The number of nitrogens with two attached hydrogens (primary N) is 1. The first kappa shape index (κ1) is 30.1. The van der Waals surface area contributed by atoms with Gasteiger partial charge in [0.15, 0.2) is 0 Å². The van der Waals surface area contributed by atoms with Crippen molar-refractivity contribution in [2.45, 2.75) is 18.5 Å². The van der Waals surface area contributed by atoms with Crippen molar-refractivity contribution < 1.29 is 31.1 Å². The highest BCUT2D eigenvalue weighted by Crippen LogP contribution is 2.35. The molecule has 0 radical (unpaired) electrons. The maximum atomic E-state index is 13.3. The number of rotatable bonds is 10. The Labute approximate surface area is 241 Å². The number of alkyl halides is 3. The fourth-order valence-corrected chi connectivity index (χ4v) is 5.29. The SMILES string of the molecule is CN(c1ccc(NC(=O)c2cccc(C(=N)N)c2)cc1OCc1cccc(C(F)(F)F)c1)S(=O)(=O)Cc1ccccc1. The minimum absolute atomic E-state index is 0.0156. The Morgan fingerprint density at radius 1 is 0.905 bits per heavy atom. The lowest BCUT2D eigenvalue weighted by molar-refractivity contribution is -0.137. The lowest BCUT2D eigenvalue weighted by atomic mass is 10.1. The molecular formula is C30H27F3N4O4S. The zero-order chi connectivity index (χ0) is 30.5. The number of sulfonamides is 1. The number of anilines is 2. The van der Waals surface area contributed by atoms with Crippen molar-refractivity contribution in [1.29, 1.82) is 5.41 Å². The van der Waals surface area contributed by atoms with E-state index in [9.17, 15) is 26.4 Å². The van der Waals surface area contributed by atoms with Crippen LogP contribution in [0.1, 0.15) is 32.6 Å². The third-order valence-electron chi connectivity index (χ3n) is 6.25. The Balaban J connectivity index is 1.65. The molecule has 0 saturated carbocycles. The van der Waals surface area contributed by atoms with E-state index in [0.717, 1.165) is 16.4 Å². The summed E-state index contributed by atoms with van der Waals surface area (Å²) in [4.78, 5) is 12.9.